The minimum absolute atomic E-state index is 0.687. The van der Waals surface area contributed by atoms with Crippen molar-refractivity contribution in [2.75, 3.05) is 6.54 Å². The summed E-state index contributed by atoms with van der Waals surface area (Å²) in [6.45, 7) is 4.90. The first-order chi connectivity index (χ1) is 7.26. The standard InChI is InChI=1S/C12H17N3/c1-3-9-6-10(4-5-13)12-8(2)14-15-11(12)7-9/h6-7H,3-5,13H2,1-2H3,(H,14,15). The summed E-state index contributed by atoms with van der Waals surface area (Å²) in [5.41, 5.74) is 10.5. The van der Waals surface area contributed by atoms with Gasteiger partial charge in [-0.05, 0) is 43.5 Å². The maximum atomic E-state index is 5.63. The van der Waals surface area contributed by atoms with Crippen molar-refractivity contribution in [2.24, 2.45) is 5.73 Å². The Morgan fingerprint density at radius 2 is 2.20 bits per heavy atom. The van der Waals surface area contributed by atoms with E-state index in [0.717, 1.165) is 24.1 Å². The average molecular weight is 203 g/mol. The second kappa shape index (κ2) is 4.03. The first kappa shape index (κ1) is 10.2. The molecule has 80 valence electrons. The normalized spacial score (nSPS) is 11.1. The molecule has 1 heterocycles. The van der Waals surface area contributed by atoms with Gasteiger partial charge >= 0.3 is 0 Å². The number of benzene rings is 1. The number of nitrogens with one attached hydrogen (secondary N) is 1. The number of aromatic amines is 1. The Hall–Kier alpha value is -1.35. The molecule has 1 aromatic carbocycles. The van der Waals surface area contributed by atoms with Crippen LogP contribution in [-0.2, 0) is 12.8 Å². The molecule has 0 aliphatic heterocycles. The number of aromatic nitrogens is 2. The van der Waals surface area contributed by atoms with Gasteiger partial charge < -0.3 is 5.73 Å². The zero-order chi connectivity index (χ0) is 10.8. The van der Waals surface area contributed by atoms with E-state index in [1.807, 2.05) is 0 Å². The van der Waals surface area contributed by atoms with E-state index in [1.54, 1.807) is 0 Å². The van der Waals surface area contributed by atoms with Crippen LogP contribution >= 0.6 is 0 Å². The summed E-state index contributed by atoms with van der Waals surface area (Å²) in [5.74, 6) is 0. The molecule has 0 radical (unpaired) electrons. The monoisotopic (exact) mass is 203 g/mol. The van der Waals surface area contributed by atoms with Gasteiger partial charge in [0.05, 0.1) is 5.52 Å². The van der Waals surface area contributed by atoms with Gasteiger partial charge in [-0.2, -0.15) is 5.10 Å². The highest BCUT2D eigenvalue weighted by molar-refractivity contribution is 5.85. The Labute approximate surface area is 89.7 Å². The van der Waals surface area contributed by atoms with Crippen LogP contribution in [0.15, 0.2) is 12.1 Å². The number of aryl methyl sites for hydroxylation is 2. The number of hydrogen-bond acceptors (Lipinski definition) is 2. The lowest BCUT2D eigenvalue weighted by Gasteiger charge is -2.05. The Balaban J connectivity index is 2.66. The van der Waals surface area contributed by atoms with E-state index >= 15 is 0 Å². The minimum atomic E-state index is 0.687. The molecule has 0 fully saturated rings. The highest BCUT2D eigenvalue weighted by atomic mass is 15.1. The van der Waals surface area contributed by atoms with E-state index in [2.05, 4.69) is 36.2 Å². The van der Waals surface area contributed by atoms with Crippen LogP contribution in [-0.4, -0.2) is 16.7 Å². The van der Waals surface area contributed by atoms with Crippen LogP contribution in [0.5, 0.6) is 0 Å². The average Bonchev–Trinajstić information content (AvgIpc) is 2.61. The molecule has 2 aromatic rings. The molecule has 3 heteroatoms. The van der Waals surface area contributed by atoms with Crippen LogP contribution in [0.4, 0.5) is 0 Å². The lowest BCUT2D eigenvalue weighted by atomic mass is 10.0. The fourth-order valence-electron chi connectivity index (χ4n) is 2.03. The molecular formula is C12H17N3. The van der Waals surface area contributed by atoms with Crippen molar-refractivity contribution in [3.63, 3.8) is 0 Å². The summed E-state index contributed by atoms with van der Waals surface area (Å²) in [5, 5.41) is 8.59. The van der Waals surface area contributed by atoms with E-state index in [0.29, 0.717) is 6.54 Å². The summed E-state index contributed by atoms with van der Waals surface area (Å²) in [6.07, 6.45) is 1.96. The number of fused-ring (bicyclic) bond motifs is 1. The Bertz CT molecular complexity index is 471. The summed E-state index contributed by atoms with van der Waals surface area (Å²) in [6, 6.07) is 4.40. The SMILES string of the molecule is CCc1cc(CCN)c2c(C)[nH]nc2c1. The van der Waals surface area contributed by atoms with Crippen molar-refractivity contribution >= 4 is 10.9 Å². The van der Waals surface area contributed by atoms with Gasteiger partial charge in [-0.25, -0.2) is 0 Å². The maximum absolute atomic E-state index is 5.63. The lowest BCUT2D eigenvalue weighted by Crippen LogP contribution is -2.03. The van der Waals surface area contributed by atoms with Crippen LogP contribution < -0.4 is 5.73 Å². The molecule has 0 saturated heterocycles. The molecule has 0 bridgehead atoms. The van der Waals surface area contributed by atoms with Gasteiger partial charge in [0.1, 0.15) is 0 Å². The Morgan fingerprint density at radius 1 is 1.40 bits per heavy atom. The molecule has 0 saturated carbocycles. The third-order valence-electron chi connectivity index (χ3n) is 2.80. The predicted octanol–water partition coefficient (Wildman–Crippen LogP) is 1.93. The molecule has 0 amide bonds. The van der Waals surface area contributed by atoms with Crippen molar-refractivity contribution < 1.29 is 0 Å². The number of rotatable bonds is 3. The fraction of sp³-hybridized carbons (Fsp3) is 0.417. The summed E-state index contributed by atoms with van der Waals surface area (Å²) >= 11 is 0. The van der Waals surface area contributed by atoms with Crippen molar-refractivity contribution in [3.8, 4) is 0 Å². The van der Waals surface area contributed by atoms with Crippen molar-refractivity contribution in [1.82, 2.24) is 10.2 Å². The molecule has 3 N–H and O–H groups in total. The zero-order valence-corrected chi connectivity index (χ0v) is 9.30. The molecular weight excluding hydrogens is 186 g/mol. The van der Waals surface area contributed by atoms with Gasteiger partial charge in [-0.3, -0.25) is 5.10 Å². The molecule has 0 aliphatic rings. The van der Waals surface area contributed by atoms with Crippen LogP contribution in [0.3, 0.4) is 0 Å². The third kappa shape index (κ3) is 1.75. The number of nitrogens with two attached hydrogens (primary N) is 1. The minimum Gasteiger partial charge on any atom is -0.330 e. The van der Waals surface area contributed by atoms with Gasteiger partial charge in [0, 0.05) is 11.1 Å². The summed E-state index contributed by atoms with van der Waals surface area (Å²) in [4.78, 5) is 0. The lowest BCUT2D eigenvalue weighted by molar-refractivity contribution is 0.970. The van der Waals surface area contributed by atoms with Crippen LogP contribution in [0, 0.1) is 6.92 Å². The highest BCUT2D eigenvalue weighted by Crippen LogP contribution is 2.23. The largest absolute Gasteiger partial charge is 0.330 e. The van der Waals surface area contributed by atoms with Crippen molar-refractivity contribution in [2.45, 2.75) is 26.7 Å². The van der Waals surface area contributed by atoms with E-state index < -0.39 is 0 Å². The molecule has 1 aromatic heterocycles. The Morgan fingerprint density at radius 3 is 2.87 bits per heavy atom. The van der Waals surface area contributed by atoms with Gasteiger partial charge in [0.15, 0.2) is 0 Å². The molecule has 0 spiro atoms. The molecule has 3 nitrogen and oxygen atoms in total. The van der Waals surface area contributed by atoms with Crippen molar-refractivity contribution in [3.05, 3.63) is 29.0 Å². The molecule has 0 atom stereocenters. The van der Waals surface area contributed by atoms with Crippen LogP contribution in [0.1, 0.15) is 23.7 Å². The van der Waals surface area contributed by atoms with E-state index in [4.69, 9.17) is 5.73 Å². The summed E-state index contributed by atoms with van der Waals surface area (Å²) in [7, 11) is 0. The second-order valence-electron chi connectivity index (χ2n) is 3.89. The van der Waals surface area contributed by atoms with Gasteiger partial charge in [-0.1, -0.05) is 13.0 Å². The van der Waals surface area contributed by atoms with E-state index in [1.165, 1.54) is 16.5 Å². The van der Waals surface area contributed by atoms with Crippen LogP contribution in [0.2, 0.25) is 0 Å². The topological polar surface area (TPSA) is 54.7 Å². The first-order valence-corrected chi connectivity index (χ1v) is 5.42. The number of hydrogen-bond donors (Lipinski definition) is 2. The highest BCUT2D eigenvalue weighted by Gasteiger charge is 2.08. The zero-order valence-electron chi connectivity index (χ0n) is 9.30. The maximum Gasteiger partial charge on any atom is 0.0929 e. The quantitative estimate of drug-likeness (QED) is 0.801. The molecule has 0 aliphatic carbocycles. The second-order valence-corrected chi connectivity index (χ2v) is 3.89. The number of nitrogens with zero attached hydrogens (tertiary/aromatic N) is 1. The molecule has 2 rings (SSSR count). The molecule has 15 heavy (non-hydrogen) atoms. The third-order valence-corrected chi connectivity index (χ3v) is 2.80. The van der Waals surface area contributed by atoms with Gasteiger partial charge in [-0.15, -0.1) is 0 Å². The smallest absolute Gasteiger partial charge is 0.0929 e. The van der Waals surface area contributed by atoms with Crippen LogP contribution in [0.25, 0.3) is 10.9 Å². The first-order valence-electron chi connectivity index (χ1n) is 5.42. The molecule has 0 unspecified atom stereocenters. The van der Waals surface area contributed by atoms with Crippen molar-refractivity contribution in [1.29, 1.82) is 0 Å². The fourth-order valence-corrected chi connectivity index (χ4v) is 2.03. The number of H-pyrrole nitrogens is 1. The van der Waals surface area contributed by atoms with Gasteiger partial charge in [0.25, 0.3) is 0 Å². The van der Waals surface area contributed by atoms with Gasteiger partial charge in [0.2, 0.25) is 0 Å². The summed E-state index contributed by atoms with van der Waals surface area (Å²) < 4.78 is 0. The van der Waals surface area contributed by atoms with E-state index in [-0.39, 0.29) is 0 Å². The predicted molar refractivity (Wildman–Crippen MR) is 63.0 cm³/mol. The van der Waals surface area contributed by atoms with E-state index in [9.17, 15) is 0 Å². The Kier molecular flexibility index (Phi) is 2.73.